The average molecular weight is 299 g/mol. The summed E-state index contributed by atoms with van der Waals surface area (Å²) in [7, 11) is 0. The van der Waals surface area contributed by atoms with Crippen molar-refractivity contribution in [2.75, 3.05) is 0 Å². The summed E-state index contributed by atoms with van der Waals surface area (Å²) in [6.07, 6.45) is -0.128. The first-order chi connectivity index (χ1) is 10.5. The molecule has 0 unspecified atom stereocenters. The van der Waals surface area contributed by atoms with Crippen LogP contribution in [0, 0.1) is 0 Å². The van der Waals surface area contributed by atoms with Gasteiger partial charge in [-0.25, -0.2) is 9.59 Å². The minimum Gasteiger partial charge on any atom is -0.479 e. The summed E-state index contributed by atoms with van der Waals surface area (Å²) < 4.78 is 5.08. The second-order valence-electron chi connectivity index (χ2n) is 5.00. The molecule has 1 atom stereocenters. The lowest BCUT2D eigenvalue weighted by Gasteiger charge is -2.22. The SMILES string of the molecule is N[C@@](Cc1ccccc1)(C(=O)O)C(=O)OCc1ccccc1. The summed E-state index contributed by atoms with van der Waals surface area (Å²) in [6.45, 7) is -0.0132. The van der Waals surface area contributed by atoms with Crippen LogP contribution in [-0.4, -0.2) is 22.6 Å². The molecule has 0 saturated carbocycles. The van der Waals surface area contributed by atoms with Crippen LogP contribution in [0.4, 0.5) is 0 Å². The summed E-state index contributed by atoms with van der Waals surface area (Å²) in [5.41, 5.74) is 5.13. The Morgan fingerprint density at radius 1 is 0.955 bits per heavy atom. The maximum absolute atomic E-state index is 12.2. The molecule has 2 rings (SSSR count). The van der Waals surface area contributed by atoms with Crippen LogP contribution in [0.15, 0.2) is 60.7 Å². The van der Waals surface area contributed by atoms with Crippen molar-refractivity contribution in [3.63, 3.8) is 0 Å². The zero-order valence-corrected chi connectivity index (χ0v) is 11.9. The normalized spacial score (nSPS) is 13.1. The zero-order chi connectivity index (χ0) is 16.0. The highest BCUT2D eigenvalue weighted by Crippen LogP contribution is 2.15. The van der Waals surface area contributed by atoms with E-state index in [2.05, 4.69) is 0 Å². The fourth-order valence-electron chi connectivity index (χ4n) is 2.00. The predicted octanol–water partition coefficient (Wildman–Crippen LogP) is 1.75. The lowest BCUT2D eigenvalue weighted by Crippen LogP contribution is -2.57. The first-order valence-corrected chi connectivity index (χ1v) is 6.80. The van der Waals surface area contributed by atoms with Gasteiger partial charge in [-0.1, -0.05) is 60.7 Å². The molecule has 0 saturated heterocycles. The van der Waals surface area contributed by atoms with Crippen molar-refractivity contribution >= 4 is 11.9 Å². The van der Waals surface area contributed by atoms with Crippen LogP contribution < -0.4 is 5.73 Å². The molecule has 22 heavy (non-hydrogen) atoms. The lowest BCUT2D eigenvalue weighted by atomic mass is 9.92. The number of aliphatic carboxylic acids is 1. The van der Waals surface area contributed by atoms with E-state index < -0.39 is 17.5 Å². The third-order valence-electron chi connectivity index (χ3n) is 3.28. The Balaban J connectivity index is 2.09. The number of rotatable bonds is 6. The van der Waals surface area contributed by atoms with Gasteiger partial charge in [-0.15, -0.1) is 0 Å². The van der Waals surface area contributed by atoms with E-state index in [1.165, 1.54) is 0 Å². The van der Waals surface area contributed by atoms with Crippen molar-refractivity contribution in [2.24, 2.45) is 5.73 Å². The van der Waals surface area contributed by atoms with Crippen LogP contribution >= 0.6 is 0 Å². The second-order valence-corrected chi connectivity index (χ2v) is 5.00. The summed E-state index contributed by atoms with van der Waals surface area (Å²) in [5, 5.41) is 9.34. The number of carbonyl (C=O) groups excluding carboxylic acids is 1. The monoisotopic (exact) mass is 299 g/mol. The van der Waals surface area contributed by atoms with E-state index in [9.17, 15) is 14.7 Å². The van der Waals surface area contributed by atoms with E-state index >= 15 is 0 Å². The Bertz CT molecular complexity index is 642. The van der Waals surface area contributed by atoms with Gasteiger partial charge in [-0.2, -0.15) is 0 Å². The molecule has 0 fully saturated rings. The number of nitrogens with two attached hydrogens (primary N) is 1. The molecule has 0 aromatic heterocycles. The lowest BCUT2D eigenvalue weighted by molar-refractivity contribution is -0.161. The molecule has 0 bridgehead atoms. The molecular weight excluding hydrogens is 282 g/mol. The Kier molecular flexibility index (Phi) is 4.91. The molecule has 2 aromatic rings. The fraction of sp³-hybridized carbons (Fsp3) is 0.176. The molecule has 0 aliphatic carbocycles. The standard InChI is InChI=1S/C17H17NO4/c18-17(15(19)20,11-13-7-3-1-4-8-13)16(21)22-12-14-9-5-2-6-10-14/h1-10H,11-12,18H2,(H,19,20)/t17-/m0/s1. The number of hydrogen-bond donors (Lipinski definition) is 2. The van der Waals surface area contributed by atoms with E-state index in [0.29, 0.717) is 5.56 Å². The van der Waals surface area contributed by atoms with Gasteiger partial charge in [0.2, 0.25) is 5.54 Å². The van der Waals surface area contributed by atoms with Crippen molar-refractivity contribution in [3.05, 3.63) is 71.8 Å². The van der Waals surface area contributed by atoms with Crippen molar-refractivity contribution in [1.29, 1.82) is 0 Å². The van der Waals surface area contributed by atoms with Gasteiger partial charge in [0.1, 0.15) is 6.61 Å². The van der Waals surface area contributed by atoms with Gasteiger partial charge in [0.25, 0.3) is 0 Å². The van der Waals surface area contributed by atoms with Crippen molar-refractivity contribution in [1.82, 2.24) is 0 Å². The number of hydrogen-bond acceptors (Lipinski definition) is 4. The molecular formula is C17H17NO4. The van der Waals surface area contributed by atoms with Gasteiger partial charge >= 0.3 is 11.9 Å². The van der Waals surface area contributed by atoms with Crippen LogP contribution in [0.25, 0.3) is 0 Å². The Morgan fingerprint density at radius 2 is 1.45 bits per heavy atom. The van der Waals surface area contributed by atoms with Gasteiger partial charge in [0.15, 0.2) is 0 Å². The van der Waals surface area contributed by atoms with Crippen LogP contribution in [0.5, 0.6) is 0 Å². The van der Waals surface area contributed by atoms with Gasteiger partial charge < -0.3 is 15.6 Å². The quantitative estimate of drug-likeness (QED) is 0.626. The number of carboxylic acid groups (broad SMARTS) is 1. The van der Waals surface area contributed by atoms with Gasteiger partial charge in [-0.05, 0) is 11.1 Å². The summed E-state index contributed by atoms with van der Waals surface area (Å²) in [4.78, 5) is 23.6. The minimum atomic E-state index is -2.10. The van der Waals surface area contributed by atoms with E-state index in [4.69, 9.17) is 10.5 Å². The maximum atomic E-state index is 12.2. The maximum Gasteiger partial charge on any atom is 0.338 e. The molecule has 0 amide bonds. The molecule has 2 aromatic carbocycles. The second kappa shape index (κ2) is 6.87. The van der Waals surface area contributed by atoms with Gasteiger partial charge in [0, 0.05) is 6.42 Å². The summed E-state index contributed by atoms with van der Waals surface area (Å²) >= 11 is 0. The highest BCUT2D eigenvalue weighted by molar-refractivity contribution is 6.04. The molecule has 0 spiro atoms. The average Bonchev–Trinajstić information content (AvgIpc) is 2.54. The Hall–Kier alpha value is -2.66. The highest BCUT2D eigenvalue weighted by atomic mass is 16.5. The van der Waals surface area contributed by atoms with Crippen LogP contribution in [-0.2, 0) is 27.4 Å². The Morgan fingerprint density at radius 3 is 1.95 bits per heavy atom. The molecule has 0 aliphatic heterocycles. The van der Waals surface area contributed by atoms with Crippen LogP contribution in [0.3, 0.4) is 0 Å². The molecule has 0 heterocycles. The zero-order valence-electron chi connectivity index (χ0n) is 11.9. The molecule has 114 valence electrons. The van der Waals surface area contributed by atoms with E-state index in [0.717, 1.165) is 5.56 Å². The van der Waals surface area contributed by atoms with Gasteiger partial charge in [0.05, 0.1) is 0 Å². The molecule has 5 nitrogen and oxygen atoms in total. The fourth-order valence-corrected chi connectivity index (χ4v) is 2.00. The number of carbonyl (C=O) groups is 2. The largest absolute Gasteiger partial charge is 0.479 e. The number of carboxylic acids is 1. The molecule has 0 aliphatic rings. The van der Waals surface area contributed by atoms with Crippen LogP contribution in [0.2, 0.25) is 0 Å². The smallest absolute Gasteiger partial charge is 0.338 e. The minimum absolute atomic E-state index is 0.0132. The predicted molar refractivity (Wildman–Crippen MR) is 80.9 cm³/mol. The van der Waals surface area contributed by atoms with Crippen molar-refractivity contribution in [2.45, 2.75) is 18.6 Å². The highest BCUT2D eigenvalue weighted by Gasteiger charge is 2.44. The summed E-state index contributed by atoms with van der Waals surface area (Å²) in [5.74, 6) is -2.36. The van der Waals surface area contributed by atoms with E-state index in [1.807, 2.05) is 6.07 Å². The van der Waals surface area contributed by atoms with Crippen molar-refractivity contribution < 1.29 is 19.4 Å². The van der Waals surface area contributed by atoms with Crippen molar-refractivity contribution in [3.8, 4) is 0 Å². The first kappa shape index (κ1) is 15.7. The van der Waals surface area contributed by atoms with E-state index in [1.54, 1.807) is 54.6 Å². The molecule has 0 radical (unpaired) electrons. The third kappa shape index (κ3) is 3.71. The number of esters is 1. The van der Waals surface area contributed by atoms with E-state index in [-0.39, 0.29) is 13.0 Å². The summed E-state index contributed by atoms with van der Waals surface area (Å²) in [6, 6.07) is 17.8. The molecule has 3 N–H and O–H groups in total. The third-order valence-corrected chi connectivity index (χ3v) is 3.28. The first-order valence-electron chi connectivity index (χ1n) is 6.80. The Labute approximate surface area is 128 Å². The number of benzene rings is 2. The number of ether oxygens (including phenoxy) is 1. The van der Waals surface area contributed by atoms with Gasteiger partial charge in [-0.3, -0.25) is 0 Å². The molecule has 5 heteroatoms. The topological polar surface area (TPSA) is 89.6 Å². The van der Waals surface area contributed by atoms with Crippen LogP contribution in [0.1, 0.15) is 11.1 Å².